The van der Waals surface area contributed by atoms with Crippen molar-refractivity contribution in [2.45, 2.75) is 24.8 Å². The topological polar surface area (TPSA) is 59.1 Å². The van der Waals surface area contributed by atoms with E-state index in [2.05, 4.69) is 9.71 Å². The Labute approximate surface area is 111 Å². The smallest absolute Gasteiger partial charge is 0.240 e. The Bertz CT molecular complexity index is 590. The first-order chi connectivity index (χ1) is 8.62. The van der Waals surface area contributed by atoms with Gasteiger partial charge in [0.15, 0.2) is 0 Å². The van der Waals surface area contributed by atoms with Crippen molar-refractivity contribution in [3.63, 3.8) is 0 Å². The summed E-state index contributed by atoms with van der Waals surface area (Å²) in [6.45, 7) is 2.26. The number of hydrogen-bond donors (Lipinski definition) is 1. The van der Waals surface area contributed by atoms with Gasteiger partial charge in [-0.05, 0) is 24.1 Å². The Kier molecular flexibility index (Phi) is 4.11. The molecule has 0 saturated carbocycles. The molecule has 1 N–H and O–H groups in total. The number of nitrogens with zero attached hydrogens (tertiary/aromatic N) is 1. The predicted molar refractivity (Wildman–Crippen MR) is 72.0 cm³/mol. The van der Waals surface area contributed by atoms with E-state index in [1.165, 1.54) is 11.3 Å². The Morgan fingerprint density at radius 1 is 1.28 bits per heavy atom. The molecule has 0 aliphatic heterocycles. The maximum atomic E-state index is 12.0. The van der Waals surface area contributed by atoms with Crippen LogP contribution >= 0.6 is 11.3 Å². The predicted octanol–water partition coefficient (Wildman–Crippen LogP) is 2.18. The van der Waals surface area contributed by atoms with E-state index in [0.717, 1.165) is 17.0 Å². The molecule has 96 valence electrons. The average Bonchev–Trinajstić information content (AvgIpc) is 2.90. The third-order valence-corrected chi connectivity index (χ3v) is 4.74. The van der Waals surface area contributed by atoms with Gasteiger partial charge in [-0.1, -0.05) is 19.1 Å². The molecule has 0 spiro atoms. The number of hydrogen-bond acceptors (Lipinski definition) is 4. The van der Waals surface area contributed by atoms with Crippen LogP contribution in [0.4, 0.5) is 0 Å². The summed E-state index contributed by atoms with van der Waals surface area (Å²) in [6.07, 6.45) is 2.55. The monoisotopic (exact) mass is 282 g/mol. The highest BCUT2D eigenvalue weighted by Crippen LogP contribution is 2.12. The van der Waals surface area contributed by atoms with Crippen LogP contribution in [-0.4, -0.2) is 13.4 Å². The third-order valence-electron chi connectivity index (χ3n) is 2.54. The second kappa shape index (κ2) is 5.60. The standard InChI is InChI=1S/C12H14N2O2S2/c1-2-10-3-5-11(6-4-10)18(15,16)14-9-12-13-7-8-17-12/h3-8,14H,2,9H2,1H3. The lowest BCUT2D eigenvalue weighted by molar-refractivity contribution is 0.581. The minimum atomic E-state index is -3.44. The van der Waals surface area contributed by atoms with Gasteiger partial charge in [-0.3, -0.25) is 0 Å². The van der Waals surface area contributed by atoms with E-state index in [1.807, 2.05) is 24.4 Å². The number of thiazole rings is 1. The molecule has 18 heavy (non-hydrogen) atoms. The maximum absolute atomic E-state index is 12.0. The van der Waals surface area contributed by atoms with Crippen LogP contribution < -0.4 is 4.72 Å². The SMILES string of the molecule is CCc1ccc(S(=O)(=O)NCc2nccs2)cc1. The molecule has 4 nitrogen and oxygen atoms in total. The summed E-state index contributed by atoms with van der Waals surface area (Å²) >= 11 is 1.43. The molecule has 0 bridgehead atoms. The van der Waals surface area contributed by atoms with Gasteiger partial charge in [0.2, 0.25) is 10.0 Å². The van der Waals surface area contributed by atoms with Crippen molar-refractivity contribution in [3.05, 3.63) is 46.4 Å². The molecule has 0 aliphatic rings. The van der Waals surface area contributed by atoms with E-state index >= 15 is 0 Å². The van der Waals surface area contributed by atoms with Crippen molar-refractivity contribution in [2.24, 2.45) is 0 Å². The summed E-state index contributed by atoms with van der Waals surface area (Å²) in [5, 5.41) is 2.57. The Balaban J connectivity index is 2.09. The number of rotatable bonds is 5. The number of sulfonamides is 1. The van der Waals surface area contributed by atoms with Crippen LogP contribution in [0, 0.1) is 0 Å². The van der Waals surface area contributed by atoms with Crippen LogP contribution in [0.2, 0.25) is 0 Å². The van der Waals surface area contributed by atoms with E-state index in [4.69, 9.17) is 0 Å². The van der Waals surface area contributed by atoms with Crippen molar-refractivity contribution >= 4 is 21.4 Å². The molecule has 0 radical (unpaired) electrons. The van der Waals surface area contributed by atoms with Crippen LogP contribution in [0.5, 0.6) is 0 Å². The highest BCUT2D eigenvalue weighted by atomic mass is 32.2. The van der Waals surface area contributed by atoms with Gasteiger partial charge in [0.05, 0.1) is 11.4 Å². The highest BCUT2D eigenvalue weighted by molar-refractivity contribution is 7.89. The van der Waals surface area contributed by atoms with E-state index < -0.39 is 10.0 Å². The molecule has 0 unspecified atom stereocenters. The van der Waals surface area contributed by atoms with Gasteiger partial charge in [0.1, 0.15) is 5.01 Å². The first kappa shape index (κ1) is 13.2. The third kappa shape index (κ3) is 3.16. The molecular formula is C12H14N2O2S2. The number of aryl methyl sites for hydroxylation is 1. The molecule has 6 heteroatoms. The van der Waals surface area contributed by atoms with Crippen LogP contribution in [0.1, 0.15) is 17.5 Å². The van der Waals surface area contributed by atoms with Crippen molar-refractivity contribution in [1.29, 1.82) is 0 Å². The normalized spacial score (nSPS) is 11.6. The number of nitrogens with one attached hydrogen (secondary N) is 1. The van der Waals surface area contributed by atoms with E-state index in [-0.39, 0.29) is 11.4 Å². The fourth-order valence-corrected chi connectivity index (χ4v) is 3.12. The fraction of sp³-hybridized carbons (Fsp3) is 0.250. The zero-order valence-corrected chi connectivity index (χ0v) is 11.6. The van der Waals surface area contributed by atoms with Crippen LogP contribution in [0.25, 0.3) is 0 Å². The zero-order chi connectivity index (χ0) is 13.0. The van der Waals surface area contributed by atoms with Crippen molar-refractivity contribution in [3.8, 4) is 0 Å². The zero-order valence-electron chi connectivity index (χ0n) is 9.96. The van der Waals surface area contributed by atoms with Gasteiger partial charge in [0.25, 0.3) is 0 Å². The molecular weight excluding hydrogens is 268 g/mol. The number of benzene rings is 1. The molecule has 1 aromatic carbocycles. The molecule has 0 saturated heterocycles. The first-order valence-corrected chi connectivity index (χ1v) is 7.95. The minimum absolute atomic E-state index is 0.232. The highest BCUT2D eigenvalue weighted by Gasteiger charge is 2.13. The fourth-order valence-electron chi connectivity index (χ4n) is 1.48. The molecule has 1 heterocycles. The second-order valence-corrected chi connectivity index (χ2v) is 6.49. The molecule has 0 aliphatic carbocycles. The lowest BCUT2D eigenvalue weighted by Crippen LogP contribution is -2.23. The lowest BCUT2D eigenvalue weighted by Gasteiger charge is -2.05. The lowest BCUT2D eigenvalue weighted by atomic mass is 10.2. The van der Waals surface area contributed by atoms with Gasteiger partial charge in [-0.15, -0.1) is 11.3 Å². The molecule has 1 aromatic heterocycles. The largest absolute Gasteiger partial charge is 0.248 e. The van der Waals surface area contributed by atoms with Crippen LogP contribution in [0.3, 0.4) is 0 Å². The Morgan fingerprint density at radius 3 is 2.56 bits per heavy atom. The molecule has 0 amide bonds. The molecule has 2 rings (SSSR count). The van der Waals surface area contributed by atoms with Gasteiger partial charge < -0.3 is 0 Å². The minimum Gasteiger partial charge on any atom is -0.248 e. The van der Waals surface area contributed by atoms with Gasteiger partial charge in [-0.25, -0.2) is 18.1 Å². The summed E-state index contributed by atoms with van der Waals surface area (Å²) in [4.78, 5) is 4.32. The quantitative estimate of drug-likeness (QED) is 0.914. The average molecular weight is 282 g/mol. The van der Waals surface area contributed by atoms with E-state index in [0.29, 0.717) is 0 Å². The molecule has 0 atom stereocenters. The first-order valence-electron chi connectivity index (χ1n) is 5.59. The van der Waals surface area contributed by atoms with Gasteiger partial charge in [0, 0.05) is 11.6 Å². The van der Waals surface area contributed by atoms with Gasteiger partial charge in [-0.2, -0.15) is 0 Å². The Morgan fingerprint density at radius 2 is 2.00 bits per heavy atom. The number of aromatic nitrogens is 1. The van der Waals surface area contributed by atoms with Crippen molar-refractivity contribution < 1.29 is 8.42 Å². The summed E-state index contributed by atoms with van der Waals surface area (Å²) in [5.74, 6) is 0. The molecule has 2 aromatic rings. The maximum Gasteiger partial charge on any atom is 0.240 e. The molecule has 0 fully saturated rings. The van der Waals surface area contributed by atoms with Crippen molar-refractivity contribution in [2.75, 3.05) is 0 Å². The summed E-state index contributed by atoms with van der Waals surface area (Å²) in [5.41, 5.74) is 1.12. The van der Waals surface area contributed by atoms with E-state index in [9.17, 15) is 8.42 Å². The summed E-state index contributed by atoms with van der Waals surface area (Å²) in [7, 11) is -3.44. The van der Waals surface area contributed by atoms with Crippen LogP contribution in [-0.2, 0) is 23.0 Å². The van der Waals surface area contributed by atoms with E-state index in [1.54, 1.807) is 18.3 Å². The summed E-state index contributed by atoms with van der Waals surface area (Å²) in [6, 6.07) is 6.92. The second-order valence-electron chi connectivity index (χ2n) is 3.75. The summed E-state index contributed by atoms with van der Waals surface area (Å²) < 4.78 is 26.5. The Hall–Kier alpha value is -1.24. The van der Waals surface area contributed by atoms with Crippen molar-refractivity contribution in [1.82, 2.24) is 9.71 Å². The van der Waals surface area contributed by atoms with Crippen LogP contribution in [0.15, 0.2) is 40.7 Å². The van der Waals surface area contributed by atoms with Gasteiger partial charge >= 0.3 is 0 Å².